The summed E-state index contributed by atoms with van der Waals surface area (Å²) in [5, 5.41) is 3.87. The minimum atomic E-state index is 0. The number of benzene rings is 2. The van der Waals surface area contributed by atoms with E-state index in [1.165, 1.54) is 27.4 Å². The average Bonchev–Trinajstić information content (AvgIpc) is 3.34. The molecule has 0 aliphatic heterocycles. The molecular formula is C22H17Cl2HfN. The van der Waals surface area contributed by atoms with Gasteiger partial charge in [0, 0.05) is 6.20 Å². The van der Waals surface area contributed by atoms with Crippen LogP contribution < -0.4 is 24.8 Å². The third kappa shape index (κ3) is 4.82. The summed E-state index contributed by atoms with van der Waals surface area (Å²) in [6, 6.07) is 23.6. The van der Waals surface area contributed by atoms with Gasteiger partial charge in [0.05, 0.1) is 5.52 Å². The molecule has 0 N–H and O–H groups in total. The van der Waals surface area contributed by atoms with Gasteiger partial charge in [-0.25, -0.2) is 12.2 Å². The molecule has 26 heavy (non-hydrogen) atoms. The number of hydrogen-bond donors (Lipinski definition) is 0. The molecule has 0 atom stereocenters. The number of halogens is 2. The number of hydrogen-bond acceptors (Lipinski definition) is 0. The molecule has 0 spiro atoms. The summed E-state index contributed by atoms with van der Waals surface area (Å²) >= 11 is 0. The molecule has 0 fully saturated rings. The number of allylic oxidation sites excluding steroid dienone is 4. The van der Waals surface area contributed by atoms with Crippen LogP contribution in [0.25, 0.3) is 27.4 Å². The Labute approximate surface area is 185 Å². The van der Waals surface area contributed by atoms with Gasteiger partial charge in [-0.1, -0.05) is 24.3 Å². The Hall–Kier alpha value is -1.48. The fourth-order valence-corrected chi connectivity index (χ4v) is 2.92. The van der Waals surface area contributed by atoms with Crippen LogP contribution in [0.1, 0.15) is 6.42 Å². The van der Waals surface area contributed by atoms with Gasteiger partial charge in [-0.05, 0) is 23.2 Å². The number of fused-ring (bicyclic) bond motifs is 2. The largest absolute Gasteiger partial charge is 4.00 e. The van der Waals surface area contributed by atoms with Crippen LogP contribution in [0.2, 0.25) is 0 Å². The smallest absolute Gasteiger partial charge is 1.00 e. The number of aromatic nitrogens is 1. The Morgan fingerprint density at radius 3 is 2.27 bits per heavy atom. The van der Waals surface area contributed by atoms with Crippen molar-refractivity contribution in [2.75, 3.05) is 0 Å². The van der Waals surface area contributed by atoms with Crippen LogP contribution in [0, 0.1) is 6.08 Å². The van der Waals surface area contributed by atoms with Gasteiger partial charge in [0.2, 0.25) is 0 Å². The van der Waals surface area contributed by atoms with Crippen LogP contribution >= 0.6 is 0 Å². The molecule has 1 nitrogen and oxygen atoms in total. The van der Waals surface area contributed by atoms with Crippen LogP contribution in [0.4, 0.5) is 0 Å². The second kappa shape index (κ2) is 10.6. The van der Waals surface area contributed by atoms with Crippen molar-refractivity contribution in [3.05, 3.63) is 97.2 Å². The minimum Gasteiger partial charge on any atom is -1.00 e. The van der Waals surface area contributed by atoms with Gasteiger partial charge in [-0.2, -0.15) is 6.08 Å². The summed E-state index contributed by atoms with van der Waals surface area (Å²) < 4.78 is 2.25. The Morgan fingerprint density at radius 1 is 0.885 bits per heavy atom. The Balaban J connectivity index is 0.000000372. The van der Waals surface area contributed by atoms with Crippen LogP contribution in [0.15, 0.2) is 91.2 Å². The van der Waals surface area contributed by atoms with E-state index < -0.39 is 0 Å². The standard InChI is InChI=1S/C17H12N.C5H5.2ClH.Hf/c1-2-7-15-12-16(11-14(15)6-1)18-10-9-13-5-3-4-8-17(13)18;1-2-4-5-3-1;;;/h1-12H;1-3H,4H2;2*1H;/q2*-1;;;+4/p-2. The normalized spacial score (nSPS) is 11.2. The summed E-state index contributed by atoms with van der Waals surface area (Å²) in [6.07, 6.45) is 12.1. The van der Waals surface area contributed by atoms with Gasteiger partial charge < -0.3 is 29.4 Å². The summed E-state index contributed by atoms with van der Waals surface area (Å²) in [5.41, 5.74) is 2.49. The first-order chi connectivity index (χ1) is 11.4. The summed E-state index contributed by atoms with van der Waals surface area (Å²) in [5.74, 6) is 0. The molecule has 5 rings (SSSR count). The molecule has 3 aromatic carbocycles. The molecule has 128 valence electrons. The molecule has 0 bridgehead atoms. The Morgan fingerprint density at radius 2 is 1.62 bits per heavy atom. The molecule has 0 radical (unpaired) electrons. The van der Waals surface area contributed by atoms with Gasteiger partial charge >= 0.3 is 25.8 Å². The first-order valence-corrected chi connectivity index (χ1v) is 7.85. The van der Waals surface area contributed by atoms with Gasteiger partial charge in [0.15, 0.2) is 0 Å². The van der Waals surface area contributed by atoms with Crippen LogP contribution in [-0.4, -0.2) is 4.57 Å². The number of para-hydroxylation sites is 1. The minimum absolute atomic E-state index is 0. The fourth-order valence-electron chi connectivity index (χ4n) is 2.92. The van der Waals surface area contributed by atoms with E-state index in [0.29, 0.717) is 0 Å². The zero-order valence-corrected chi connectivity index (χ0v) is 19.2. The van der Waals surface area contributed by atoms with E-state index >= 15 is 0 Å². The molecule has 0 saturated heterocycles. The monoisotopic (exact) mass is 545 g/mol. The summed E-state index contributed by atoms with van der Waals surface area (Å²) in [4.78, 5) is 0. The molecule has 0 saturated carbocycles. The summed E-state index contributed by atoms with van der Waals surface area (Å²) in [6.45, 7) is 0. The quantitative estimate of drug-likeness (QED) is 0.232. The molecule has 1 aliphatic rings. The molecule has 0 amide bonds. The van der Waals surface area contributed by atoms with Crippen molar-refractivity contribution in [3.63, 3.8) is 0 Å². The van der Waals surface area contributed by atoms with E-state index in [-0.39, 0.29) is 50.7 Å². The zero-order valence-electron chi connectivity index (χ0n) is 14.1. The molecule has 1 heterocycles. The van der Waals surface area contributed by atoms with Crippen molar-refractivity contribution >= 4 is 21.7 Å². The van der Waals surface area contributed by atoms with Crippen LogP contribution in [-0.2, 0) is 25.8 Å². The third-order valence-electron chi connectivity index (χ3n) is 4.07. The second-order valence-corrected chi connectivity index (χ2v) is 5.59. The van der Waals surface area contributed by atoms with Gasteiger partial charge in [-0.3, -0.25) is 6.08 Å². The molecule has 1 aliphatic carbocycles. The van der Waals surface area contributed by atoms with E-state index in [4.69, 9.17) is 0 Å². The zero-order chi connectivity index (χ0) is 15.5. The average molecular weight is 545 g/mol. The van der Waals surface area contributed by atoms with Crippen molar-refractivity contribution in [2.45, 2.75) is 6.42 Å². The predicted octanol–water partition coefficient (Wildman–Crippen LogP) is -0.186. The predicted molar refractivity (Wildman–Crippen MR) is 97.9 cm³/mol. The number of rotatable bonds is 1. The summed E-state index contributed by atoms with van der Waals surface area (Å²) in [7, 11) is 0. The van der Waals surface area contributed by atoms with Crippen molar-refractivity contribution in [1.29, 1.82) is 0 Å². The van der Waals surface area contributed by atoms with E-state index in [9.17, 15) is 0 Å². The first kappa shape index (κ1) is 22.6. The van der Waals surface area contributed by atoms with E-state index in [1.807, 2.05) is 12.2 Å². The Kier molecular flexibility index (Phi) is 9.21. The Bertz CT molecular complexity index is 968. The number of nitrogens with zero attached hydrogens (tertiary/aromatic N) is 1. The maximum atomic E-state index is 2.99. The van der Waals surface area contributed by atoms with Crippen molar-refractivity contribution in [2.24, 2.45) is 0 Å². The first-order valence-electron chi connectivity index (χ1n) is 7.85. The van der Waals surface area contributed by atoms with Crippen LogP contribution in [0.5, 0.6) is 0 Å². The van der Waals surface area contributed by atoms with Gasteiger partial charge in [-0.15, -0.1) is 47.5 Å². The van der Waals surface area contributed by atoms with E-state index in [1.54, 1.807) is 0 Å². The SMILES string of the molecule is [C-]1=CC=CC1.[Cl-].[Cl-].[Hf+4].c1ccc2[cH-]c(-n3ccc4ccccc43)cc2c1. The van der Waals surface area contributed by atoms with E-state index in [2.05, 4.69) is 89.6 Å². The van der Waals surface area contributed by atoms with Crippen molar-refractivity contribution < 1.29 is 50.7 Å². The molecule has 4 heteroatoms. The molecule has 0 unspecified atom stereocenters. The fraction of sp³-hybridized carbons (Fsp3) is 0.0455. The maximum absolute atomic E-state index is 2.99. The maximum Gasteiger partial charge on any atom is 4.00 e. The molecule has 1 aromatic heterocycles. The molecular weight excluding hydrogens is 528 g/mol. The van der Waals surface area contributed by atoms with Gasteiger partial charge in [0.25, 0.3) is 0 Å². The van der Waals surface area contributed by atoms with Crippen molar-refractivity contribution in [3.8, 4) is 5.69 Å². The topological polar surface area (TPSA) is 4.93 Å². The van der Waals surface area contributed by atoms with E-state index in [0.717, 1.165) is 6.42 Å². The second-order valence-electron chi connectivity index (χ2n) is 5.59. The van der Waals surface area contributed by atoms with Crippen molar-refractivity contribution in [1.82, 2.24) is 4.57 Å². The van der Waals surface area contributed by atoms with Gasteiger partial charge in [0.1, 0.15) is 0 Å². The third-order valence-corrected chi connectivity index (χ3v) is 4.07. The molecule has 4 aromatic rings. The van der Waals surface area contributed by atoms with Crippen LogP contribution in [0.3, 0.4) is 0 Å².